The highest BCUT2D eigenvalue weighted by Gasteiger charge is 2.53. The third kappa shape index (κ3) is 36.6. The lowest BCUT2D eigenvalue weighted by Crippen LogP contribution is -2.66. The number of hydrogen-bond donors (Lipinski definition) is 12. The van der Waals surface area contributed by atoms with Crippen LogP contribution in [0.25, 0.3) is 0 Å². The van der Waals surface area contributed by atoms with Crippen LogP contribution in [0.3, 0.4) is 0 Å². The Labute approximate surface area is 559 Å². The fraction of sp³-hybridized carbons (Fsp3) is 0.824. The van der Waals surface area contributed by atoms with Crippen molar-refractivity contribution in [3.8, 4) is 0 Å². The molecule has 93 heavy (non-hydrogen) atoms. The number of nitrogens with one attached hydrogen (secondary N) is 1. The minimum atomic E-state index is -1.99. The van der Waals surface area contributed by atoms with Gasteiger partial charge in [0.05, 0.1) is 38.6 Å². The highest BCUT2D eigenvalue weighted by Crippen LogP contribution is 2.33. The molecule has 0 saturated carbocycles. The van der Waals surface area contributed by atoms with Crippen LogP contribution in [0.5, 0.6) is 0 Å². The lowest BCUT2D eigenvalue weighted by molar-refractivity contribution is -0.379. The molecule has 0 aliphatic carbocycles. The number of carbonyl (C=O) groups is 1. The minimum absolute atomic E-state index is 0.216. The van der Waals surface area contributed by atoms with E-state index in [1.165, 1.54) is 141 Å². The first-order chi connectivity index (χ1) is 45.3. The van der Waals surface area contributed by atoms with Crippen LogP contribution in [0, 0.1) is 0 Å². The van der Waals surface area contributed by atoms with Gasteiger partial charge < -0.3 is 89.9 Å². The molecule has 3 aliphatic heterocycles. The summed E-state index contributed by atoms with van der Waals surface area (Å²) in [6.07, 6.45) is 43.2. The zero-order chi connectivity index (χ0) is 67.5. The summed E-state index contributed by atoms with van der Waals surface area (Å²) >= 11 is 0. The van der Waals surface area contributed by atoms with Crippen molar-refractivity contribution < 1.29 is 89.4 Å². The second-order valence-electron chi connectivity index (χ2n) is 26.0. The molecule has 17 atom stereocenters. The molecule has 540 valence electrons. The van der Waals surface area contributed by atoms with Crippen molar-refractivity contribution in [1.82, 2.24) is 5.32 Å². The molecule has 0 spiro atoms. The number of hydrogen-bond acceptors (Lipinski definition) is 18. The predicted octanol–water partition coefficient (Wildman–Crippen LogP) is 10.5. The van der Waals surface area contributed by atoms with Crippen LogP contribution < -0.4 is 5.32 Å². The topological polar surface area (TPSA) is 307 Å². The average molecular weight is 1320 g/mol. The van der Waals surface area contributed by atoms with Gasteiger partial charge in [0.25, 0.3) is 0 Å². The van der Waals surface area contributed by atoms with Crippen LogP contribution in [0.1, 0.15) is 258 Å². The van der Waals surface area contributed by atoms with Gasteiger partial charge in [-0.25, -0.2) is 0 Å². The fourth-order valence-corrected chi connectivity index (χ4v) is 12.1. The summed E-state index contributed by atoms with van der Waals surface area (Å²) in [5.41, 5.74) is 0. The minimum Gasteiger partial charge on any atom is -0.394 e. The smallest absolute Gasteiger partial charge is 0.220 e. The van der Waals surface area contributed by atoms with Gasteiger partial charge in [0.1, 0.15) is 73.2 Å². The number of aliphatic hydroxyl groups is 11. The van der Waals surface area contributed by atoms with Gasteiger partial charge in [-0.05, 0) is 70.6 Å². The molecule has 0 aromatic carbocycles. The number of amides is 1. The van der Waals surface area contributed by atoms with E-state index < -0.39 is 124 Å². The molecule has 3 saturated heterocycles. The molecule has 0 radical (unpaired) electrons. The first kappa shape index (κ1) is 84.5. The number of carbonyl (C=O) groups excluding carboxylic acids is 1. The van der Waals surface area contributed by atoms with E-state index in [1.807, 2.05) is 6.08 Å². The predicted molar refractivity (Wildman–Crippen MR) is 365 cm³/mol. The van der Waals surface area contributed by atoms with E-state index in [4.69, 9.17) is 28.4 Å². The van der Waals surface area contributed by atoms with Crippen molar-refractivity contribution in [2.75, 3.05) is 26.4 Å². The monoisotopic (exact) mass is 1320 g/mol. The maximum absolute atomic E-state index is 13.4. The Morgan fingerprint density at radius 2 is 0.753 bits per heavy atom. The molecule has 17 unspecified atom stereocenters. The summed E-state index contributed by atoms with van der Waals surface area (Å²) in [6.45, 7) is 1.60. The lowest BCUT2D eigenvalue weighted by atomic mass is 9.96. The van der Waals surface area contributed by atoms with E-state index in [9.17, 15) is 61.0 Å². The molecule has 12 N–H and O–H groups in total. The van der Waals surface area contributed by atoms with Gasteiger partial charge in [-0.3, -0.25) is 4.79 Å². The summed E-state index contributed by atoms with van der Waals surface area (Å²) in [5.74, 6) is -0.300. The van der Waals surface area contributed by atoms with E-state index in [2.05, 4.69) is 79.9 Å². The van der Waals surface area contributed by atoms with Crippen LogP contribution in [-0.4, -0.2) is 193 Å². The van der Waals surface area contributed by atoms with Gasteiger partial charge >= 0.3 is 0 Å². The third-order valence-corrected chi connectivity index (χ3v) is 18.0. The lowest BCUT2D eigenvalue weighted by Gasteiger charge is -2.48. The molecule has 3 rings (SSSR count). The molecule has 0 aromatic heterocycles. The summed E-state index contributed by atoms with van der Waals surface area (Å²) in [4.78, 5) is 13.4. The second-order valence-corrected chi connectivity index (χ2v) is 26.0. The van der Waals surface area contributed by atoms with Crippen LogP contribution in [-0.2, 0) is 33.2 Å². The number of ether oxygens (including phenoxy) is 6. The maximum Gasteiger partial charge on any atom is 0.220 e. The van der Waals surface area contributed by atoms with Crippen LogP contribution >= 0.6 is 0 Å². The van der Waals surface area contributed by atoms with E-state index in [0.717, 1.165) is 83.5 Å². The molecule has 3 fully saturated rings. The Morgan fingerprint density at radius 1 is 0.398 bits per heavy atom. The van der Waals surface area contributed by atoms with Crippen molar-refractivity contribution in [2.24, 2.45) is 0 Å². The van der Waals surface area contributed by atoms with Gasteiger partial charge in [0, 0.05) is 6.42 Å². The maximum atomic E-state index is 13.4. The Morgan fingerprint density at radius 3 is 1.20 bits per heavy atom. The number of unbranched alkanes of at least 4 members (excludes halogenated alkanes) is 30. The van der Waals surface area contributed by atoms with Crippen molar-refractivity contribution in [2.45, 2.75) is 362 Å². The van der Waals surface area contributed by atoms with Crippen LogP contribution in [0.2, 0.25) is 0 Å². The van der Waals surface area contributed by atoms with Crippen molar-refractivity contribution in [1.29, 1.82) is 0 Å². The quantitative estimate of drug-likeness (QED) is 0.0199. The fourth-order valence-electron chi connectivity index (χ4n) is 12.1. The highest BCUT2D eigenvalue weighted by molar-refractivity contribution is 5.76. The highest BCUT2D eigenvalue weighted by atomic mass is 16.8. The van der Waals surface area contributed by atoms with Gasteiger partial charge in [-0.15, -0.1) is 0 Å². The molecule has 19 heteroatoms. The molecule has 0 aromatic rings. The standard InChI is InChI=1S/C74H131NO18/c1-3-5-7-9-11-13-15-17-19-21-23-24-25-26-27-28-29-30-31-32-34-35-37-39-41-43-45-47-49-51-58(79)57(75-62(80)52-50-48-46-44-42-40-38-36-33-22-20-18-16-14-12-10-8-6-4-2)56-88-72-68(86)65(83)70(60(54-77)90-72)93-74-69(87)66(84)71(61(55-78)91-74)92-73-67(85)64(82)63(81)59(53-76)89-73/h6,8,12,14,18,20,33,36,41,43,49,51,57-61,63-74,76-79,81-87H,3-5,7,9-11,13,15-17,19,21-32,34-35,37-40,42,44-48,50,52-56H2,1-2H3,(H,75,80)/b8-6-,14-12-,20-18-,36-33-,43-41+,51-49+. The van der Waals surface area contributed by atoms with Gasteiger partial charge in [0.15, 0.2) is 18.9 Å². The molecule has 1 amide bonds. The Hall–Kier alpha value is -2.77. The molecule has 3 heterocycles. The van der Waals surface area contributed by atoms with Crippen LogP contribution in [0.4, 0.5) is 0 Å². The molecular formula is C74H131NO18. The van der Waals surface area contributed by atoms with Gasteiger partial charge in [0.2, 0.25) is 5.91 Å². The molecule has 19 nitrogen and oxygen atoms in total. The van der Waals surface area contributed by atoms with E-state index in [-0.39, 0.29) is 18.9 Å². The second kappa shape index (κ2) is 55.1. The summed E-state index contributed by atoms with van der Waals surface area (Å²) in [5, 5.41) is 121. The van der Waals surface area contributed by atoms with Crippen molar-refractivity contribution >= 4 is 5.91 Å². The van der Waals surface area contributed by atoms with E-state index in [0.29, 0.717) is 12.8 Å². The Balaban J connectivity index is 1.42. The van der Waals surface area contributed by atoms with Gasteiger partial charge in [-0.2, -0.15) is 0 Å². The van der Waals surface area contributed by atoms with Crippen molar-refractivity contribution in [3.63, 3.8) is 0 Å². The average Bonchev–Trinajstić information content (AvgIpc) is 0.985. The molecule has 0 bridgehead atoms. The zero-order valence-electron chi connectivity index (χ0n) is 57.2. The van der Waals surface area contributed by atoms with Crippen molar-refractivity contribution in [3.05, 3.63) is 72.9 Å². The number of aliphatic hydroxyl groups excluding tert-OH is 11. The van der Waals surface area contributed by atoms with Gasteiger partial charge in [-0.1, -0.05) is 254 Å². The third-order valence-electron chi connectivity index (χ3n) is 18.0. The SMILES string of the molecule is CC/C=C\C/C=C\C/C=C\C/C=C\CCCCCCCCC(=O)NC(COC1OC(CO)C(OC2OC(CO)C(OC3OC(CO)C(O)C(O)C3O)C(O)C2O)C(O)C1O)C(O)/C=C/CC/C=C/CCCCCCCCCCCCCCCCCCCCCCCCC. The normalized spacial score (nSPS) is 27.9. The Kier molecular flexibility index (Phi) is 50.1. The molecule has 3 aliphatic rings. The molecular weight excluding hydrogens is 1190 g/mol. The van der Waals surface area contributed by atoms with E-state index >= 15 is 0 Å². The van der Waals surface area contributed by atoms with Crippen LogP contribution in [0.15, 0.2) is 72.9 Å². The number of allylic oxidation sites excluding steroid dienone is 11. The largest absolute Gasteiger partial charge is 0.394 e. The Bertz CT molecular complexity index is 1970. The summed E-state index contributed by atoms with van der Waals surface area (Å²) in [6, 6.07) is -1.00. The zero-order valence-corrected chi connectivity index (χ0v) is 57.2. The summed E-state index contributed by atoms with van der Waals surface area (Å²) < 4.78 is 34.3. The first-order valence-corrected chi connectivity index (χ1v) is 36.7. The summed E-state index contributed by atoms with van der Waals surface area (Å²) in [7, 11) is 0. The first-order valence-electron chi connectivity index (χ1n) is 36.7. The number of rotatable bonds is 56. The van der Waals surface area contributed by atoms with E-state index in [1.54, 1.807) is 6.08 Å².